The molecule has 0 spiro atoms. The highest BCUT2D eigenvalue weighted by atomic mass is 32.2. The van der Waals surface area contributed by atoms with Crippen LogP contribution in [0.25, 0.3) is 0 Å². The summed E-state index contributed by atoms with van der Waals surface area (Å²) in [7, 11) is 0. The van der Waals surface area contributed by atoms with E-state index in [9.17, 15) is 0 Å². The number of nitrogens with zero attached hydrogens (tertiary/aromatic N) is 1. The van der Waals surface area contributed by atoms with Gasteiger partial charge in [0.1, 0.15) is 0 Å². The van der Waals surface area contributed by atoms with E-state index in [1.807, 2.05) is 13.2 Å². The first-order chi connectivity index (χ1) is 5.45. The minimum Gasteiger partial charge on any atom is -0.374 e. The van der Waals surface area contributed by atoms with Crippen LogP contribution in [-0.2, 0) is 4.74 Å². The summed E-state index contributed by atoms with van der Waals surface area (Å²) in [6, 6.07) is 0. The van der Waals surface area contributed by atoms with E-state index in [2.05, 4.69) is 25.8 Å². The van der Waals surface area contributed by atoms with Crippen LogP contribution >= 0.6 is 11.8 Å². The van der Waals surface area contributed by atoms with Gasteiger partial charge in [0.05, 0.1) is 23.8 Å². The van der Waals surface area contributed by atoms with Crippen molar-refractivity contribution in [2.75, 3.05) is 19.4 Å². The van der Waals surface area contributed by atoms with E-state index in [0.717, 1.165) is 11.6 Å². The highest BCUT2D eigenvalue weighted by Crippen LogP contribution is 2.05. The van der Waals surface area contributed by atoms with Gasteiger partial charge in [-0.25, -0.2) is 0 Å². The van der Waals surface area contributed by atoms with Gasteiger partial charge in [-0.1, -0.05) is 0 Å². The van der Waals surface area contributed by atoms with E-state index < -0.39 is 0 Å². The van der Waals surface area contributed by atoms with Crippen molar-refractivity contribution in [3.05, 3.63) is 0 Å². The van der Waals surface area contributed by atoms with Crippen LogP contribution in [0.15, 0.2) is 4.99 Å². The molecule has 0 aromatic rings. The highest BCUT2D eigenvalue weighted by molar-refractivity contribution is 8.13. The molecule has 0 saturated carbocycles. The second kappa shape index (κ2) is 5.60. The van der Waals surface area contributed by atoms with E-state index >= 15 is 0 Å². The third kappa shape index (κ3) is 8.08. The standard InChI is InChI=1S/C9H19NOS/c1-8(12-5)10-6-7-11-9(2,3)4/h6-7H2,1-5H3. The Labute approximate surface area is 79.8 Å². The first kappa shape index (κ1) is 12.0. The van der Waals surface area contributed by atoms with Crippen LogP contribution in [0.1, 0.15) is 27.7 Å². The van der Waals surface area contributed by atoms with Crippen LogP contribution < -0.4 is 0 Å². The molecule has 0 heterocycles. The van der Waals surface area contributed by atoms with Gasteiger partial charge in [-0.15, -0.1) is 11.8 Å². The molecule has 0 aliphatic rings. The number of rotatable bonds is 3. The number of thioether (sulfide) groups is 1. The van der Waals surface area contributed by atoms with Gasteiger partial charge in [0.2, 0.25) is 0 Å². The molecular formula is C9H19NOS. The molecule has 72 valence electrons. The molecule has 0 radical (unpaired) electrons. The lowest BCUT2D eigenvalue weighted by Crippen LogP contribution is -2.20. The Morgan fingerprint density at radius 3 is 2.42 bits per heavy atom. The summed E-state index contributed by atoms with van der Waals surface area (Å²) >= 11 is 1.68. The Morgan fingerprint density at radius 1 is 1.42 bits per heavy atom. The second-order valence-electron chi connectivity index (χ2n) is 3.57. The highest BCUT2D eigenvalue weighted by Gasteiger charge is 2.08. The predicted octanol–water partition coefficient (Wildman–Crippen LogP) is 2.58. The number of ether oxygens (including phenoxy) is 1. The Hall–Kier alpha value is -0.0200. The topological polar surface area (TPSA) is 21.6 Å². The summed E-state index contributed by atoms with van der Waals surface area (Å²) in [5.74, 6) is 0. The monoisotopic (exact) mass is 189 g/mol. The van der Waals surface area contributed by atoms with E-state index in [4.69, 9.17) is 4.74 Å². The summed E-state index contributed by atoms with van der Waals surface area (Å²) in [5.41, 5.74) is -0.0389. The van der Waals surface area contributed by atoms with Crippen LogP contribution in [0, 0.1) is 0 Å². The molecule has 3 heteroatoms. The lowest BCUT2D eigenvalue weighted by Gasteiger charge is -2.18. The molecule has 0 saturated heterocycles. The Morgan fingerprint density at radius 2 is 2.00 bits per heavy atom. The van der Waals surface area contributed by atoms with Crippen LogP contribution in [0.3, 0.4) is 0 Å². The molecule has 12 heavy (non-hydrogen) atoms. The maximum Gasteiger partial charge on any atom is 0.0669 e. The van der Waals surface area contributed by atoms with Crippen molar-refractivity contribution >= 4 is 16.8 Å². The van der Waals surface area contributed by atoms with Crippen LogP contribution in [0.5, 0.6) is 0 Å². The van der Waals surface area contributed by atoms with E-state index in [1.54, 1.807) is 11.8 Å². The zero-order valence-corrected chi connectivity index (χ0v) is 9.49. The molecule has 0 aromatic carbocycles. The van der Waals surface area contributed by atoms with Crippen molar-refractivity contribution in [1.82, 2.24) is 0 Å². The van der Waals surface area contributed by atoms with Gasteiger partial charge in [0, 0.05) is 0 Å². The maximum absolute atomic E-state index is 5.51. The van der Waals surface area contributed by atoms with Crippen molar-refractivity contribution in [3.63, 3.8) is 0 Å². The van der Waals surface area contributed by atoms with Crippen molar-refractivity contribution in [1.29, 1.82) is 0 Å². The second-order valence-corrected chi connectivity index (χ2v) is 4.56. The smallest absolute Gasteiger partial charge is 0.0669 e. The Balaban J connectivity index is 3.45. The van der Waals surface area contributed by atoms with Gasteiger partial charge in [-0.3, -0.25) is 4.99 Å². The van der Waals surface area contributed by atoms with Crippen molar-refractivity contribution < 1.29 is 4.74 Å². The quantitative estimate of drug-likeness (QED) is 0.386. The van der Waals surface area contributed by atoms with Crippen molar-refractivity contribution in [3.8, 4) is 0 Å². The lowest BCUT2D eigenvalue weighted by atomic mass is 10.2. The summed E-state index contributed by atoms with van der Waals surface area (Å²) < 4.78 is 5.51. The van der Waals surface area contributed by atoms with Gasteiger partial charge >= 0.3 is 0 Å². The van der Waals surface area contributed by atoms with Crippen molar-refractivity contribution in [2.45, 2.75) is 33.3 Å². The predicted molar refractivity (Wildman–Crippen MR) is 57.2 cm³/mol. The van der Waals surface area contributed by atoms with Crippen LogP contribution in [0.4, 0.5) is 0 Å². The normalized spacial score (nSPS) is 13.6. The fraction of sp³-hybridized carbons (Fsp3) is 0.889. The molecule has 0 aliphatic heterocycles. The van der Waals surface area contributed by atoms with Crippen LogP contribution in [0.2, 0.25) is 0 Å². The fourth-order valence-electron chi connectivity index (χ4n) is 0.619. The largest absolute Gasteiger partial charge is 0.374 e. The molecule has 0 N–H and O–H groups in total. The SMILES string of the molecule is CSC(C)=NCCOC(C)(C)C. The third-order valence-electron chi connectivity index (χ3n) is 1.26. The fourth-order valence-corrected chi connectivity index (χ4v) is 0.840. The van der Waals surface area contributed by atoms with Gasteiger partial charge < -0.3 is 4.74 Å². The summed E-state index contributed by atoms with van der Waals surface area (Å²) in [4.78, 5) is 4.30. The van der Waals surface area contributed by atoms with Gasteiger partial charge in [0.25, 0.3) is 0 Å². The number of hydrogen-bond acceptors (Lipinski definition) is 3. The number of aliphatic imine (C=N–C) groups is 1. The zero-order valence-electron chi connectivity index (χ0n) is 8.68. The molecule has 0 aromatic heterocycles. The van der Waals surface area contributed by atoms with E-state index in [1.165, 1.54) is 0 Å². The average molecular weight is 189 g/mol. The summed E-state index contributed by atoms with van der Waals surface area (Å²) in [5, 5.41) is 1.12. The maximum atomic E-state index is 5.51. The van der Waals surface area contributed by atoms with Gasteiger partial charge in [-0.2, -0.15) is 0 Å². The van der Waals surface area contributed by atoms with E-state index in [0.29, 0.717) is 6.61 Å². The first-order valence-corrected chi connectivity index (χ1v) is 5.37. The lowest BCUT2D eigenvalue weighted by molar-refractivity contribution is 0.00215. The molecular weight excluding hydrogens is 170 g/mol. The van der Waals surface area contributed by atoms with Crippen molar-refractivity contribution in [2.24, 2.45) is 4.99 Å². The van der Waals surface area contributed by atoms with Gasteiger partial charge in [-0.05, 0) is 34.0 Å². The minimum absolute atomic E-state index is 0.0389. The molecule has 0 fully saturated rings. The molecule has 2 nitrogen and oxygen atoms in total. The zero-order chi connectivity index (χ0) is 9.61. The minimum atomic E-state index is -0.0389. The average Bonchev–Trinajstić information content (AvgIpc) is 1.96. The molecule has 0 atom stereocenters. The van der Waals surface area contributed by atoms with E-state index in [-0.39, 0.29) is 5.60 Å². The number of hydrogen-bond donors (Lipinski definition) is 0. The summed E-state index contributed by atoms with van der Waals surface area (Å²) in [6.45, 7) is 9.65. The third-order valence-corrected chi connectivity index (χ3v) is 1.98. The molecule has 0 rings (SSSR count). The summed E-state index contributed by atoms with van der Waals surface area (Å²) in [6.07, 6.45) is 2.03. The molecule has 0 amide bonds. The van der Waals surface area contributed by atoms with Gasteiger partial charge in [0.15, 0.2) is 0 Å². The Bertz CT molecular complexity index is 149. The van der Waals surface area contributed by atoms with Crippen LogP contribution in [-0.4, -0.2) is 30.1 Å². The molecule has 0 aliphatic carbocycles. The molecule has 0 unspecified atom stereocenters. The Kier molecular flexibility index (Phi) is 5.59. The first-order valence-electron chi connectivity index (χ1n) is 4.15. The molecule has 0 bridgehead atoms.